The summed E-state index contributed by atoms with van der Waals surface area (Å²) in [6, 6.07) is 3.75. The maximum Gasteiger partial charge on any atom is 0.307 e. The van der Waals surface area contributed by atoms with Gasteiger partial charge < -0.3 is 9.52 Å². The minimum absolute atomic E-state index is 0.0204. The molecule has 1 aromatic heterocycles. The molecule has 0 bridgehead atoms. The van der Waals surface area contributed by atoms with E-state index in [1.807, 2.05) is 0 Å². The SMILES string of the molecule is CC(=O)c1oc2cc(F)ccc2c1CC(=O)O. The van der Waals surface area contributed by atoms with Crippen LogP contribution in [0.25, 0.3) is 11.0 Å². The summed E-state index contributed by atoms with van der Waals surface area (Å²) in [4.78, 5) is 22.0. The lowest BCUT2D eigenvalue weighted by atomic mass is 10.1. The van der Waals surface area contributed by atoms with Gasteiger partial charge in [0.25, 0.3) is 0 Å². The molecule has 5 heteroatoms. The van der Waals surface area contributed by atoms with E-state index in [9.17, 15) is 14.0 Å². The first-order chi connectivity index (χ1) is 7.99. The van der Waals surface area contributed by atoms with Crippen molar-refractivity contribution in [2.24, 2.45) is 0 Å². The van der Waals surface area contributed by atoms with Crippen molar-refractivity contribution in [3.05, 3.63) is 35.3 Å². The van der Waals surface area contributed by atoms with Gasteiger partial charge in [0.2, 0.25) is 0 Å². The van der Waals surface area contributed by atoms with Gasteiger partial charge in [0.15, 0.2) is 11.5 Å². The van der Waals surface area contributed by atoms with E-state index in [-0.39, 0.29) is 23.5 Å². The maximum absolute atomic E-state index is 13.0. The van der Waals surface area contributed by atoms with Crippen LogP contribution in [-0.4, -0.2) is 16.9 Å². The lowest BCUT2D eigenvalue weighted by Gasteiger charge is -1.95. The molecule has 0 radical (unpaired) electrons. The van der Waals surface area contributed by atoms with Crippen molar-refractivity contribution < 1.29 is 23.5 Å². The summed E-state index contributed by atoms with van der Waals surface area (Å²) in [6.45, 7) is 1.28. The summed E-state index contributed by atoms with van der Waals surface area (Å²) in [7, 11) is 0. The summed E-state index contributed by atoms with van der Waals surface area (Å²) in [5, 5.41) is 9.24. The highest BCUT2D eigenvalue weighted by molar-refractivity contribution is 6.00. The van der Waals surface area contributed by atoms with Gasteiger partial charge in [0, 0.05) is 23.9 Å². The number of carboxylic acid groups (broad SMARTS) is 1. The molecule has 0 saturated carbocycles. The van der Waals surface area contributed by atoms with Gasteiger partial charge in [0.1, 0.15) is 11.4 Å². The summed E-state index contributed by atoms with van der Waals surface area (Å²) < 4.78 is 18.2. The Labute approximate surface area is 95.6 Å². The van der Waals surface area contributed by atoms with Crippen molar-refractivity contribution in [3.63, 3.8) is 0 Å². The number of aliphatic carboxylic acids is 1. The molecule has 0 unspecified atom stereocenters. The zero-order chi connectivity index (χ0) is 12.6. The Hall–Kier alpha value is -2.17. The van der Waals surface area contributed by atoms with Crippen LogP contribution < -0.4 is 0 Å². The largest absolute Gasteiger partial charge is 0.481 e. The van der Waals surface area contributed by atoms with Gasteiger partial charge in [-0.25, -0.2) is 4.39 Å². The van der Waals surface area contributed by atoms with Gasteiger partial charge in [-0.1, -0.05) is 0 Å². The number of Topliss-reactive ketones (excluding diaryl/α,β-unsaturated/α-hetero) is 1. The molecule has 88 valence electrons. The molecule has 0 saturated heterocycles. The Balaban J connectivity index is 2.71. The minimum Gasteiger partial charge on any atom is -0.481 e. The van der Waals surface area contributed by atoms with Crippen LogP contribution in [0.3, 0.4) is 0 Å². The molecule has 0 aliphatic rings. The number of fused-ring (bicyclic) bond motifs is 1. The number of furan rings is 1. The molecule has 4 nitrogen and oxygen atoms in total. The fourth-order valence-corrected chi connectivity index (χ4v) is 1.73. The molecule has 1 aromatic carbocycles. The van der Waals surface area contributed by atoms with E-state index in [2.05, 4.69) is 0 Å². The lowest BCUT2D eigenvalue weighted by molar-refractivity contribution is -0.136. The van der Waals surface area contributed by atoms with Crippen LogP contribution in [0.4, 0.5) is 4.39 Å². The van der Waals surface area contributed by atoms with E-state index in [4.69, 9.17) is 9.52 Å². The summed E-state index contributed by atoms with van der Waals surface area (Å²) in [6.07, 6.45) is -0.326. The van der Waals surface area contributed by atoms with Gasteiger partial charge in [-0.3, -0.25) is 9.59 Å². The molecule has 0 amide bonds. The average molecular weight is 236 g/mol. The predicted molar refractivity (Wildman–Crippen MR) is 57.5 cm³/mol. The molecule has 0 atom stereocenters. The number of carbonyl (C=O) groups excluding carboxylic acids is 1. The first-order valence-electron chi connectivity index (χ1n) is 4.92. The highest BCUT2D eigenvalue weighted by Gasteiger charge is 2.19. The normalized spacial score (nSPS) is 10.7. The first-order valence-corrected chi connectivity index (χ1v) is 4.92. The third-order valence-electron chi connectivity index (χ3n) is 2.40. The van der Waals surface area contributed by atoms with Crippen molar-refractivity contribution >= 4 is 22.7 Å². The molecule has 0 aliphatic heterocycles. The number of hydrogen-bond donors (Lipinski definition) is 1. The first kappa shape index (κ1) is 11.3. The minimum atomic E-state index is -1.07. The Morgan fingerprint density at radius 1 is 1.41 bits per heavy atom. The van der Waals surface area contributed by atoms with Crippen molar-refractivity contribution in [2.75, 3.05) is 0 Å². The van der Waals surface area contributed by atoms with Crippen molar-refractivity contribution in [1.82, 2.24) is 0 Å². The van der Waals surface area contributed by atoms with Crippen molar-refractivity contribution in [2.45, 2.75) is 13.3 Å². The van der Waals surface area contributed by atoms with Crippen molar-refractivity contribution in [1.29, 1.82) is 0 Å². The number of carbonyl (C=O) groups is 2. The summed E-state index contributed by atoms with van der Waals surface area (Å²) in [5.41, 5.74) is 0.478. The molecule has 2 rings (SSSR count). The zero-order valence-corrected chi connectivity index (χ0v) is 8.99. The maximum atomic E-state index is 13.0. The van der Waals surface area contributed by atoms with E-state index in [1.165, 1.54) is 19.1 Å². The third-order valence-corrected chi connectivity index (χ3v) is 2.40. The topological polar surface area (TPSA) is 67.5 Å². The molecular weight excluding hydrogens is 227 g/mol. The molecule has 17 heavy (non-hydrogen) atoms. The third kappa shape index (κ3) is 2.04. The van der Waals surface area contributed by atoms with Gasteiger partial charge in [0.05, 0.1) is 6.42 Å². The molecule has 1 N–H and O–H groups in total. The quantitative estimate of drug-likeness (QED) is 0.831. The fraction of sp³-hybridized carbons (Fsp3) is 0.167. The second kappa shape index (κ2) is 4.01. The number of benzene rings is 1. The van der Waals surface area contributed by atoms with Crippen LogP contribution in [0.1, 0.15) is 23.0 Å². The summed E-state index contributed by atoms with van der Waals surface area (Å²) >= 11 is 0. The molecular formula is C12H9FO4. The Morgan fingerprint density at radius 3 is 2.71 bits per heavy atom. The van der Waals surface area contributed by atoms with Crippen LogP contribution >= 0.6 is 0 Å². The molecule has 0 spiro atoms. The predicted octanol–water partition coefficient (Wildman–Crippen LogP) is 2.40. The van der Waals surface area contributed by atoms with Gasteiger partial charge in [-0.15, -0.1) is 0 Å². The Bertz CT molecular complexity index is 612. The fourth-order valence-electron chi connectivity index (χ4n) is 1.73. The molecule has 1 heterocycles. The standard InChI is InChI=1S/C12H9FO4/c1-6(14)12-9(5-11(15)16)8-3-2-7(13)4-10(8)17-12/h2-4H,5H2,1H3,(H,15,16). The number of halogens is 1. The number of rotatable bonds is 3. The highest BCUT2D eigenvalue weighted by atomic mass is 19.1. The summed E-state index contributed by atoms with van der Waals surface area (Å²) in [5.74, 6) is -1.96. The van der Waals surface area contributed by atoms with E-state index in [0.717, 1.165) is 6.07 Å². The van der Waals surface area contributed by atoms with E-state index in [0.29, 0.717) is 10.9 Å². The monoisotopic (exact) mass is 236 g/mol. The van der Waals surface area contributed by atoms with Gasteiger partial charge in [-0.2, -0.15) is 0 Å². The van der Waals surface area contributed by atoms with Crippen LogP contribution in [-0.2, 0) is 11.2 Å². The second-order valence-electron chi connectivity index (χ2n) is 3.68. The average Bonchev–Trinajstić information content (AvgIpc) is 2.55. The van der Waals surface area contributed by atoms with Crippen LogP contribution in [0.15, 0.2) is 22.6 Å². The number of carboxylic acids is 1. The van der Waals surface area contributed by atoms with Crippen LogP contribution in [0.5, 0.6) is 0 Å². The molecule has 0 fully saturated rings. The van der Waals surface area contributed by atoms with E-state index < -0.39 is 11.8 Å². The highest BCUT2D eigenvalue weighted by Crippen LogP contribution is 2.27. The number of hydrogen-bond acceptors (Lipinski definition) is 3. The molecule has 0 aliphatic carbocycles. The Kier molecular flexibility index (Phi) is 2.67. The smallest absolute Gasteiger partial charge is 0.307 e. The molecule has 2 aromatic rings. The van der Waals surface area contributed by atoms with E-state index in [1.54, 1.807) is 0 Å². The van der Waals surface area contributed by atoms with Crippen LogP contribution in [0, 0.1) is 5.82 Å². The van der Waals surface area contributed by atoms with E-state index >= 15 is 0 Å². The van der Waals surface area contributed by atoms with Gasteiger partial charge >= 0.3 is 5.97 Å². The lowest BCUT2D eigenvalue weighted by Crippen LogP contribution is -2.04. The van der Waals surface area contributed by atoms with Gasteiger partial charge in [-0.05, 0) is 12.1 Å². The zero-order valence-electron chi connectivity index (χ0n) is 8.99. The van der Waals surface area contributed by atoms with Crippen molar-refractivity contribution in [3.8, 4) is 0 Å². The second-order valence-corrected chi connectivity index (χ2v) is 3.68. The number of ketones is 1. The van der Waals surface area contributed by atoms with Crippen LogP contribution in [0.2, 0.25) is 0 Å². The Morgan fingerprint density at radius 2 is 2.12 bits per heavy atom.